The molecule has 0 aliphatic rings. The topological polar surface area (TPSA) is 24.9 Å². The first-order valence-electron chi connectivity index (χ1n) is 4.90. The van der Waals surface area contributed by atoms with E-state index < -0.39 is 5.82 Å². The zero-order valence-electron chi connectivity index (χ0n) is 8.97. The third kappa shape index (κ3) is 2.71. The van der Waals surface area contributed by atoms with Crippen LogP contribution in [-0.4, -0.2) is 4.98 Å². The number of halogens is 3. The Hall–Kier alpha value is -1.68. The molecule has 2 rings (SSSR count). The first kappa shape index (κ1) is 11.8. The van der Waals surface area contributed by atoms with Crippen LogP contribution in [0.5, 0.6) is 0 Å². The van der Waals surface area contributed by atoms with Gasteiger partial charge in [-0.2, -0.15) is 0 Å². The molecule has 2 nitrogen and oxygen atoms in total. The lowest BCUT2D eigenvalue weighted by Crippen LogP contribution is -1.97. The quantitative estimate of drug-likeness (QED) is 0.874. The summed E-state index contributed by atoms with van der Waals surface area (Å²) in [6.07, 6.45) is 1.34. The van der Waals surface area contributed by atoms with Gasteiger partial charge in [0.1, 0.15) is 5.82 Å². The summed E-state index contributed by atoms with van der Waals surface area (Å²) in [6, 6.07) is 5.56. The van der Waals surface area contributed by atoms with E-state index in [9.17, 15) is 8.78 Å². The van der Waals surface area contributed by atoms with E-state index in [1.54, 1.807) is 13.0 Å². The van der Waals surface area contributed by atoms with Crippen LogP contribution in [-0.2, 0) is 0 Å². The second kappa shape index (κ2) is 4.67. The van der Waals surface area contributed by atoms with Crippen molar-refractivity contribution in [1.29, 1.82) is 0 Å². The van der Waals surface area contributed by atoms with E-state index in [2.05, 4.69) is 10.3 Å². The Morgan fingerprint density at radius 1 is 1.18 bits per heavy atom. The molecule has 0 bridgehead atoms. The van der Waals surface area contributed by atoms with Crippen molar-refractivity contribution in [1.82, 2.24) is 4.98 Å². The first-order chi connectivity index (χ1) is 8.06. The number of hydrogen-bond donors (Lipinski definition) is 1. The minimum atomic E-state index is -0.556. The summed E-state index contributed by atoms with van der Waals surface area (Å²) in [5.74, 6) is -0.806. The fourth-order valence-corrected chi connectivity index (χ4v) is 1.51. The highest BCUT2D eigenvalue weighted by molar-refractivity contribution is 6.30. The Bertz CT molecular complexity index is 558. The summed E-state index contributed by atoms with van der Waals surface area (Å²) in [5, 5.41) is 2.98. The van der Waals surface area contributed by atoms with Gasteiger partial charge in [-0.25, -0.2) is 13.8 Å². The van der Waals surface area contributed by atoms with Crippen molar-refractivity contribution >= 4 is 23.1 Å². The molecule has 0 aliphatic heterocycles. The summed E-state index contributed by atoms with van der Waals surface area (Å²) < 4.78 is 26.5. The molecular weight excluding hydrogens is 246 g/mol. The molecule has 1 aromatic carbocycles. The predicted molar refractivity (Wildman–Crippen MR) is 63.6 cm³/mol. The molecule has 0 saturated carbocycles. The third-order valence-corrected chi connectivity index (χ3v) is 2.44. The highest BCUT2D eigenvalue weighted by Gasteiger charge is 2.06. The average Bonchev–Trinajstić information content (AvgIpc) is 2.27. The van der Waals surface area contributed by atoms with Crippen LogP contribution in [0.4, 0.5) is 20.3 Å². The number of rotatable bonds is 2. The molecule has 0 atom stereocenters. The second-order valence-corrected chi connectivity index (χ2v) is 4.01. The Morgan fingerprint density at radius 3 is 2.59 bits per heavy atom. The van der Waals surface area contributed by atoms with Gasteiger partial charge in [-0.05, 0) is 36.8 Å². The lowest BCUT2D eigenvalue weighted by atomic mass is 10.2. The Balaban J connectivity index is 2.28. The van der Waals surface area contributed by atoms with Gasteiger partial charge in [0.05, 0.1) is 5.02 Å². The number of nitrogens with zero attached hydrogens (tertiary/aromatic N) is 1. The maximum Gasteiger partial charge on any atom is 0.167 e. The van der Waals surface area contributed by atoms with Gasteiger partial charge in [-0.3, -0.25) is 0 Å². The third-order valence-electron chi connectivity index (χ3n) is 2.23. The fraction of sp³-hybridized carbons (Fsp3) is 0.0833. The summed E-state index contributed by atoms with van der Waals surface area (Å²) >= 11 is 5.59. The Kier molecular flexibility index (Phi) is 3.24. The molecule has 17 heavy (non-hydrogen) atoms. The molecule has 1 aromatic heterocycles. The monoisotopic (exact) mass is 254 g/mol. The predicted octanol–water partition coefficient (Wildman–Crippen LogP) is 4.07. The van der Waals surface area contributed by atoms with E-state index >= 15 is 0 Å². The fourth-order valence-electron chi connectivity index (χ4n) is 1.37. The van der Waals surface area contributed by atoms with E-state index in [-0.39, 0.29) is 16.7 Å². The van der Waals surface area contributed by atoms with Crippen molar-refractivity contribution in [3.05, 3.63) is 52.7 Å². The van der Waals surface area contributed by atoms with Crippen LogP contribution in [0.1, 0.15) is 5.56 Å². The highest BCUT2D eigenvalue weighted by Crippen LogP contribution is 2.21. The Morgan fingerprint density at radius 2 is 1.94 bits per heavy atom. The number of pyridine rings is 1. The number of benzene rings is 1. The molecule has 2 aromatic rings. The number of anilines is 2. The van der Waals surface area contributed by atoms with Gasteiger partial charge in [-0.1, -0.05) is 11.6 Å². The smallest absolute Gasteiger partial charge is 0.167 e. The van der Waals surface area contributed by atoms with Crippen molar-refractivity contribution in [3.8, 4) is 0 Å². The number of hydrogen-bond acceptors (Lipinski definition) is 2. The zero-order chi connectivity index (χ0) is 12.4. The molecular formula is C12H9ClF2N2. The molecule has 0 fully saturated rings. The number of aryl methyl sites for hydroxylation is 1. The van der Waals surface area contributed by atoms with Gasteiger partial charge in [0.15, 0.2) is 11.6 Å². The molecule has 0 aliphatic carbocycles. The second-order valence-electron chi connectivity index (χ2n) is 3.57. The van der Waals surface area contributed by atoms with Gasteiger partial charge in [-0.15, -0.1) is 0 Å². The summed E-state index contributed by atoms with van der Waals surface area (Å²) in [6.45, 7) is 1.63. The average molecular weight is 255 g/mol. The van der Waals surface area contributed by atoms with Crippen molar-refractivity contribution in [3.63, 3.8) is 0 Å². The number of aromatic nitrogens is 1. The first-order valence-corrected chi connectivity index (χ1v) is 5.28. The largest absolute Gasteiger partial charge is 0.338 e. The van der Waals surface area contributed by atoms with Crippen LogP contribution >= 0.6 is 11.6 Å². The van der Waals surface area contributed by atoms with Crippen LogP contribution < -0.4 is 5.32 Å². The van der Waals surface area contributed by atoms with Crippen LogP contribution in [0.2, 0.25) is 5.02 Å². The van der Waals surface area contributed by atoms with Gasteiger partial charge < -0.3 is 5.32 Å². The van der Waals surface area contributed by atoms with Crippen LogP contribution in [0.3, 0.4) is 0 Å². The van der Waals surface area contributed by atoms with Crippen LogP contribution in [0.25, 0.3) is 0 Å². The van der Waals surface area contributed by atoms with E-state index in [1.807, 2.05) is 0 Å². The maximum absolute atomic E-state index is 13.4. The van der Waals surface area contributed by atoms with Crippen LogP contribution in [0, 0.1) is 18.6 Å². The van der Waals surface area contributed by atoms with E-state index in [4.69, 9.17) is 11.6 Å². The molecule has 0 amide bonds. The lowest BCUT2D eigenvalue weighted by Gasteiger charge is -2.07. The normalized spacial score (nSPS) is 10.4. The SMILES string of the molecule is Cc1cc(Nc2ncc(Cl)cc2F)ccc1F. The maximum atomic E-state index is 13.4. The van der Waals surface area contributed by atoms with Crippen molar-refractivity contribution < 1.29 is 8.78 Å². The summed E-state index contributed by atoms with van der Waals surface area (Å²) in [4.78, 5) is 3.81. The van der Waals surface area contributed by atoms with Crippen molar-refractivity contribution in [2.75, 3.05) is 5.32 Å². The molecule has 0 unspecified atom stereocenters. The molecule has 0 saturated heterocycles. The molecule has 0 spiro atoms. The lowest BCUT2D eigenvalue weighted by molar-refractivity contribution is 0.618. The van der Waals surface area contributed by atoms with Gasteiger partial charge >= 0.3 is 0 Å². The van der Waals surface area contributed by atoms with Gasteiger partial charge in [0.2, 0.25) is 0 Å². The summed E-state index contributed by atoms with van der Waals surface area (Å²) in [5.41, 5.74) is 1.04. The Labute approximate surface area is 102 Å². The van der Waals surface area contributed by atoms with Crippen molar-refractivity contribution in [2.45, 2.75) is 6.92 Å². The minimum absolute atomic E-state index is 0.0559. The van der Waals surface area contributed by atoms with Gasteiger partial charge in [0, 0.05) is 11.9 Å². The summed E-state index contributed by atoms with van der Waals surface area (Å²) in [7, 11) is 0. The molecule has 1 heterocycles. The van der Waals surface area contributed by atoms with Gasteiger partial charge in [0.25, 0.3) is 0 Å². The molecule has 1 N–H and O–H groups in total. The van der Waals surface area contributed by atoms with E-state index in [0.29, 0.717) is 11.3 Å². The molecule has 0 radical (unpaired) electrons. The van der Waals surface area contributed by atoms with Crippen molar-refractivity contribution in [2.24, 2.45) is 0 Å². The number of nitrogens with one attached hydrogen (secondary N) is 1. The minimum Gasteiger partial charge on any atom is -0.338 e. The van der Waals surface area contributed by atoms with Crippen LogP contribution in [0.15, 0.2) is 30.5 Å². The van der Waals surface area contributed by atoms with E-state index in [0.717, 1.165) is 6.07 Å². The molecule has 5 heteroatoms. The van der Waals surface area contributed by atoms with E-state index in [1.165, 1.54) is 18.3 Å². The zero-order valence-corrected chi connectivity index (χ0v) is 9.72. The highest BCUT2D eigenvalue weighted by atomic mass is 35.5. The standard InChI is InChI=1S/C12H9ClF2N2/c1-7-4-9(2-3-10(7)14)17-12-11(15)5-8(13)6-16-12/h2-6H,1H3,(H,16,17). The molecule has 88 valence electrons.